The Bertz CT molecular complexity index is 688. The van der Waals surface area contributed by atoms with Gasteiger partial charge in [0.15, 0.2) is 0 Å². The maximum absolute atomic E-state index is 10.8. The third-order valence-corrected chi connectivity index (χ3v) is 3.26. The van der Waals surface area contributed by atoms with Gasteiger partial charge < -0.3 is 5.11 Å². The predicted molar refractivity (Wildman–Crippen MR) is 71.6 cm³/mol. The highest BCUT2D eigenvalue weighted by atomic mass is 32.2. The summed E-state index contributed by atoms with van der Waals surface area (Å²) in [5.41, 5.74) is 1.36. The number of phenolic OH excluding ortho intramolecular Hbond substituents is 1. The highest BCUT2D eigenvalue weighted by molar-refractivity contribution is 7.85. The molecule has 0 spiro atoms. The monoisotopic (exact) mass is 277 g/mol. The molecule has 0 aliphatic carbocycles. The first-order valence-electron chi connectivity index (χ1n) is 5.36. The number of aromatic hydroxyl groups is 1. The van der Waals surface area contributed by atoms with Crippen LogP contribution in [-0.4, -0.2) is 24.3 Å². The van der Waals surface area contributed by atoms with E-state index in [1.54, 1.807) is 30.5 Å². The molecule has 0 aromatic heterocycles. The molecule has 0 saturated carbocycles. The van der Waals surface area contributed by atoms with Gasteiger partial charge in [-0.2, -0.15) is 8.42 Å². The molecular formula is C13H11NO4S. The molecule has 0 bridgehead atoms. The molecule has 98 valence electrons. The van der Waals surface area contributed by atoms with Crippen molar-refractivity contribution in [3.8, 4) is 5.75 Å². The summed E-state index contributed by atoms with van der Waals surface area (Å²) in [6.07, 6.45) is 1.59. The summed E-state index contributed by atoms with van der Waals surface area (Å²) in [5, 5.41) is 9.12. The normalized spacial score (nSPS) is 11.8. The number of hydrogen-bond acceptors (Lipinski definition) is 4. The van der Waals surface area contributed by atoms with Gasteiger partial charge in [0.2, 0.25) is 0 Å². The van der Waals surface area contributed by atoms with E-state index < -0.39 is 10.1 Å². The first kappa shape index (κ1) is 13.3. The summed E-state index contributed by atoms with van der Waals surface area (Å²) >= 11 is 0. The molecule has 0 radical (unpaired) electrons. The van der Waals surface area contributed by atoms with Crippen LogP contribution < -0.4 is 0 Å². The molecule has 2 aromatic carbocycles. The van der Waals surface area contributed by atoms with Crippen LogP contribution in [0.2, 0.25) is 0 Å². The molecule has 0 saturated heterocycles. The van der Waals surface area contributed by atoms with Crippen LogP contribution in [-0.2, 0) is 10.1 Å². The smallest absolute Gasteiger partial charge is 0.294 e. The number of aliphatic imine (C=N–C) groups is 1. The van der Waals surface area contributed by atoms with E-state index in [1.807, 2.05) is 0 Å². The fraction of sp³-hybridized carbons (Fsp3) is 0. The maximum atomic E-state index is 10.8. The zero-order valence-electron chi connectivity index (χ0n) is 9.76. The molecule has 0 heterocycles. The molecule has 0 atom stereocenters. The molecular weight excluding hydrogens is 266 g/mol. The standard InChI is InChI=1S/C13H11NO4S/c15-12-5-1-10(2-6-12)9-14-11-3-7-13(8-4-11)19(16,17)18/h1-9,15H,(H,16,17,18). The van der Waals surface area contributed by atoms with E-state index in [2.05, 4.69) is 4.99 Å². The van der Waals surface area contributed by atoms with Gasteiger partial charge in [-0.25, -0.2) is 0 Å². The van der Waals surface area contributed by atoms with Gasteiger partial charge in [-0.05, 0) is 54.1 Å². The van der Waals surface area contributed by atoms with Crippen molar-refractivity contribution in [3.63, 3.8) is 0 Å². The van der Waals surface area contributed by atoms with Crippen LogP contribution >= 0.6 is 0 Å². The van der Waals surface area contributed by atoms with Gasteiger partial charge in [0.1, 0.15) is 5.75 Å². The molecule has 2 rings (SSSR count). The van der Waals surface area contributed by atoms with Gasteiger partial charge >= 0.3 is 0 Å². The van der Waals surface area contributed by atoms with Gasteiger partial charge in [-0.1, -0.05) is 0 Å². The van der Waals surface area contributed by atoms with Crippen LogP contribution in [0.15, 0.2) is 58.4 Å². The number of phenols is 1. The van der Waals surface area contributed by atoms with E-state index in [0.29, 0.717) is 5.69 Å². The maximum Gasteiger partial charge on any atom is 0.294 e. The van der Waals surface area contributed by atoms with Crippen molar-refractivity contribution >= 4 is 22.0 Å². The molecule has 0 unspecified atom stereocenters. The average molecular weight is 277 g/mol. The van der Waals surface area contributed by atoms with Gasteiger partial charge in [-0.3, -0.25) is 9.55 Å². The van der Waals surface area contributed by atoms with Crippen LogP contribution in [0.3, 0.4) is 0 Å². The Hall–Kier alpha value is -2.18. The lowest BCUT2D eigenvalue weighted by Gasteiger charge is -1.98. The number of benzene rings is 2. The van der Waals surface area contributed by atoms with Crippen LogP contribution in [0, 0.1) is 0 Å². The Morgan fingerprint density at radius 1 is 0.947 bits per heavy atom. The van der Waals surface area contributed by atoms with Crippen molar-refractivity contribution in [2.45, 2.75) is 4.90 Å². The minimum absolute atomic E-state index is 0.170. The highest BCUT2D eigenvalue weighted by Gasteiger charge is 2.07. The Labute approximate surface area is 110 Å². The van der Waals surface area contributed by atoms with Crippen LogP contribution in [0.1, 0.15) is 5.56 Å². The Morgan fingerprint density at radius 3 is 2.05 bits per heavy atom. The van der Waals surface area contributed by atoms with E-state index in [1.165, 1.54) is 24.3 Å². The van der Waals surface area contributed by atoms with Crippen molar-refractivity contribution in [1.29, 1.82) is 0 Å². The van der Waals surface area contributed by atoms with Crippen LogP contribution in [0.25, 0.3) is 0 Å². The van der Waals surface area contributed by atoms with Gasteiger partial charge in [0, 0.05) is 6.21 Å². The first-order valence-corrected chi connectivity index (χ1v) is 6.80. The second kappa shape index (κ2) is 5.21. The Kier molecular flexibility index (Phi) is 3.64. The van der Waals surface area contributed by atoms with Gasteiger partial charge in [0.25, 0.3) is 10.1 Å². The fourth-order valence-corrected chi connectivity index (χ4v) is 1.89. The lowest BCUT2D eigenvalue weighted by atomic mass is 10.2. The van der Waals surface area contributed by atoms with Crippen molar-refractivity contribution in [3.05, 3.63) is 54.1 Å². The van der Waals surface area contributed by atoms with E-state index in [9.17, 15) is 8.42 Å². The van der Waals surface area contributed by atoms with E-state index >= 15 is 0 Å². The third kappa shape index (κ3) is 3.64. The SMILES string of the molecule is O=S(=O)(O)c1ccc(N=Cc2ccc(O)cc2)cc1. The largest absolute Gasteiger partial charge is 0.508 e. The first-order chi connectivity index (χ1) is 8.95. The molecule has 19 heavy (non-hydrogen) atoms. The van der Waals surface area contributed by atoms with Crippen molar-refractivity contribution < 1.29 is 18.1 Å². The molecule has 6 heteroatoms. The van der Waals surface area contributed by atoms with Crippen molar-refractivity contribution in [1.82, 2.24) is 0 Å². The Morgan fingerprint density at radius 2 is 1.53 bits per heavy atom. The summed E-state index contributed by atoms with van der Waals surface area (Å²) < 4.78 is 30.5. The predicted octanol–water partition coefficient (Wildman–Crippen LogP) is 2.39. The zero-order chi connectivity index (χ0) is 13.9. The number of nitrogens with zero attached hydrogens (tertiary/aromatic N) is 1. The summed E-state index contributed by atoms with van der Waals surface area (Å²) in [6.45, 7) is 0. The summed E-state index contributed by atoms with van der Waals surface area (Å²) in [4.78, 5) is 3.98. The van der Waals surface area contributed by atoms with E-state index in [-0.39, 0.29) is 10.6 Å². The number of hydrogen-bond donors (Lipinski definition) is 2. The van der Waals surface area contributed by atoms with Crippen LogP contribution in [0.5, 0.6) is 5.75 Å². The van der Waals surface area contributed by atoms with E-state index in [0.717, 1.165) is 5.56 Å². The lowest BCUT2D eigenvalue weighted by Crippen LogP contribution is -1.96. The summed E-state index contributed by atoms with van der Waals surface area (Å²) in [6, 6.07) is 12.0. The minimum atomic E-state index is -4.17. The lowest BCUT2D eigenvalue weighted by molar-refractivity contribution is 0.475. The average Bonchev–Trinajstić information content (AvgIpc) is 2.37. The molecule has 5 nitrogen and oxygen atoms in total. The highest BCUT2D eigenvalue weighted by Crippen LogP contribution is 2.16. The summed E-state index contributed by atoms with van der Waals surface area (Å²) in [7, 11) is -4.17. The van der Waals surface area contributed by atoms with Gasteiger partial charge in [0.05, 0.1) is 10.6 Å². The zero-order valence-corrected chi connectivity index (χ0v) is 10.6. The van der Waals surface area contributed by atoms with Crippen molar-refractivity contribution in [2.24, 2.45) is 4.99 Å². The number of rotatable bonds is 3. The molecule has 0 fully saturated rings. The molecule has 2 N–H and O–H groups in total. The molecule has 0 amide bonds. The summed E-state index contributed by atoms with van der Waals surface area (Å²) in [5.74, 6) is 0.176. The van der Waals surface area contributed by atoms with Crippen molar-refractivity contribution in [2.75, 3.05) is 0 Å². The van der Waals surface area contributed by atoms with Gasteiger partial charge in [-0.15, -0.1) is 0 Å². The third-order valence-electron chi connectivity index (χ3n) is 2.39. The second-order valence-electron chi connectivity index (χ2n) is 3.82. The molecule has 0 aliphatic heterocycles. The second-order valence-corrected chi connectivity index (χ2v) is 5.24. The fourth-order valence-electron chi connectivity index (χ4n) is 1.41. The molecule has 2 aromatic rings. The topological polar surface area (TPSA) is 87.0 Å². The van der Waals surface area contributed by atoms with E-state index in [4.69, 9.17) is 9.66 Å². The Balaban J connectivity index is 2.18. The minimum Gasteiger partial charge on any atom is -0.508 e. The molecule has 0 aliphatic rings. The quantitative estimate of drug-likeness (QED) is 0.666. The van der Waals surface area contributed by atoms with Crippen LogP contribution in [0.4, 0.5) is 5.69 Å².